The third-order valence-electron chi connectivity index (χ3n) is 7.13. The van der Waals surface area contributed by atoms with Gasteiger partial charge in [-0.3, -0.25) is 9.78 Å². The van der Waals surface area contributed by atoms with Crippen LogP contribution in [-0.2, 0) is 4.79 Å². The molecule has 4 nitrogen and oxygen atoms in total. The second-order valence-electron chi connectivity index (χ2n) is 9.69. The van der Waals surface area contributed by atoms with E-state index in [0.717, 1.165) is 17.5 Å². The molecule has 3 aromatic rings. The van der Waals surface area contributed by atoms with Gasteiger partial charge in [-0.25, -0.2) is 0 Å². The van der Waals surface area contributed by atoms with Crippen LogP contribution < -0.4 is 4.74 Å². The lowest BCUT2D eigenvalue weighted by Gasteiger charge is -2.52. The van der Waals surface area contributed by atoms with E-state index in [-0.39, 0.29) is 23.9 Å². The number of aromatic nitrogens is 1. The number of hydrogen-bond donors (Lipinski definition) is 0. The van der Waals surface area contributed by atoms with Crippen LogP contribution in [0.5, 0.6) is 5.75 Å². The molecular weight excluding hydrogens is 491 g/mol. The summed E-state index contributed by atoms with van der Waals surface area (Å²) in [6.45, 7) is 8.47. The van der Waals surface area contributed by atoms with Crippen molar-refractivity contribution < 1.29 is 9.53 Å². The van der Waals surface area contributed by atoms with Crippen LogP contribution in [0.15, 0.2) is 85.7 Å². The van der Waals surface area contributed by atoms with Crippen molar-refractivity contribution in [3.8, 4) is 5.75 Å². The van der Waals surface area contributed by atoms with Crippen molar-refractivity contribution in [2.75, 3.05) is 6.61 Å². The molecule has 1 aliphatic rings. The maximum Gasteiger partial charge on any atom is 0.229 e. The molecule has 36 heavy (non-hydrogen) atoms. The van der Waals surface area contributed by atoms with Crippen molar-refractivity contribution in [2.45, 2.75) is 51.1 Å². The van der Waals surface area contributed by atoms with E-state index in [0.29, 0.717) is 35.2 Å². The van der Waals surface area contributed by atoms with Crippen LogP contribution in [-0.4, -0.2) is 28.4 Å². The number of halogens is 2. The van der Waals surface area contributed by atoms with Crippen LogP contribution in [0.3, 0.4) is 0 Å². The lowest BCUT2D eigenvalue weighted by Crippen LogP contribution is -2.56. The standard InChI is InChI=1S/C30H32Cl2N2O2/c1-4-15-30(3)18-27(22-8-6-9-24(32)17-22)28(21-11-13-23(31)14-12-21)34(29(30)35)25(5-2)20-36-26-10-7-16-33-19-26/h4,6-14,16-17,19,25,27-28H,1,5,15,18,20H2,2-3H3/t25-,27?,28?,30?/m0/s1. The summed E-state index contributed by atoms with van der Waals surface area (Å²) in [6.07, 6.45) is 7.26. The van der Waals surface area contributed by atoms with Crippen molar-refractivity contribution >= 4 is 29.1 Å². The summed E-state index contributed by atoms with van der Waals surface area (Å²) in [5.74, 6) is 0.825. The Morgan fingerprint density at radius 2 is 1.92 bits per heavy atom. The fourth-order valence-electron chi connectivity index (χ4n) is 5.31. The van der Waals surface area contributed by atoms with E-state index >= 15 is 0 Å². The number of allylic oxidation sites excluding steroid dienone is 1. The molecule has 2 aromatic carbocycles. The van der Waals surface area contributed by atoms with Crippen molar-refractivity contribution in [2.24, 2.45) is 5.41 Å². The average molecular weight is 524 g/mol. The molecule has 1 saturated heterocycles. The van der Waals surface area contributed by atoms with Crippen molar-refractivity contribution in [3.63, 3.8) is 0 Å². The summed E-state index contributed by atoms with van der Waals surface area (Å²) < 4.78 is 6.13. The van der Waals surface area contributed by atoms with Crippen molar-refractivity contribution in [3.05, 3.63) is 107 Å². The Kier molecular flexibility index (Phi) is 8.38. The van der Waals surface area contributed by atoms with Gasteiger partial charge in [-0.05, 0) is 66.8 Å². The van der Waals surface area contributed by atoms with Crippen LogP contribution in [0.2, 0.25) is 10.0 Å². The minimum atomic E-state index is -0.598. The molecule has 0 saturated carbocycles. The summed E-state index contributed by atoms with van der Waals surface area (Å²) in [7, 11) is 0. The maximum atomic E-state index is 14.3. The first kappa shape index (κ1) is 26.2. The lowest BCUT2D eigenvalue weighted by molar-refractivity contribution is -0.155. The number of hydrogen-bond acceptors (Lipinski definition) is 3. The van der Waals surface area contributed by atoms with Crippen molar-refractivity contribution in [1.82, 2.24) is 9.88 Å². The number of nitrogens with zero attached hydrogens (tertiary/aromatic N) is 2. The Labute approximate surface area is 223 Å². The van der Waals surface area contributed by atoms with Gasteiger partial charge in [0.1, 0.15) is 12.4 Å². The van der Waals surface area contributed by atoms with Gasteiger partial charge in [0.05, 0.1) is 23.7 Å². The molecule has 2 heterocycles. The van der Waals surface area contributed by atoms with Gasteiger partial charge in [-0.15, -0.1) is 6.58 Å². The topological polar surface area (TPSA) is 42.4 Å². The second kappa shape index (κ2) is 11.5. The van der Waals surface area contributed by atoms with Crippen LogP contribution >= 0.6 is 23.2 Å². The van der Waals surface area contributed by atoms with E-state index < -0.39 is 5.41 Å². The number of likely N-dealkylation sites (tertiary alicyclic amines) is 1. The first-order chi connectivity index (χ1) is 17.4. The molecule has 188 valence electrons. The first-order valence-corrected chi connectivity index (χ1v) is 13.1. The first-order valence-electron chi connectivity index (χ1n) is 12.3. The number of piperidine rings is 1. The normalized spacial score (nSPS) is 22.8. The minimum absolute atomic E-state index is 0.0277. The van der Waals surface area contributed by atoms with Crippen LogP contribution in [0.1, 0.15) is 56.2 Å². The van der Waals surface area contributed by atoms with E-state index in [4.69, 9.17) is 27.9 Å². The van der Waals surface area contributed by atoms with E-state index in [9.17, 15) is 4.79 Å². The molecule has 0 N–H and O–H groups in total. The molecule has 1 amide bonds. The van der Waals surface area contributed by atoms with Gasteiger partial charge in [0.25, 0.3) is 0 Å². The van der Waals surface area contributed by atoms with Crippen LogP contribution in [0.25, 0.3) is 0 Å². The van der Waals surface area contributed by atoms with E-state index in [1.165, 1.54) is 0 Å². The van der Waals surface area contributed by atoms with Gasteiger partial charge in [0.15, 0.2) is 0 Å². The largest absolute Gasteiger partial charge is 0.490 e. The summed E-state index contributed by atoms with van der Waals surface area (Å²) in [5, 5.41) is 1.35. The van der Waals surface area contributed by atoms with Gasteiger partial charge < -0.3 is 9.64 Å². The predicted molar refractivity (Wildman–Crippen MR) is 147 cm³/mol. The molecule has 6 heteroatoms. The zero-order chi connectivity index (χ0) is 25.7. The molecule has 1 aromatic heterocycles. The van der Waals surface area contributed by atoms with Gasteiger partial charge >= 0.3 is 0 Å². The molecule has 0 aliphatic carbocycles. The Morgan fingerprint density at radius 1 is 1.14 bits per heavy atom. The number of amides is 1. The zero-order valence-electron chi connectivity index (χ0n) is 20.7. The summed E-state index contributed by atoms with van der Waals surface area (Å²) in [5.41, 5.74) is 1.55. The summed E-state index contributed by atoms with van der Waals surface area (Å²) in [6, 6.07) is 19.2. The van der Waals surface area contributed by atoms with Crippen molar-refractivity contribution in [1.29, 1.82) is 0 Å². The highest BCUT2D eigenvalue weighted by Gasteiger charge is 2.51. The average Bonchev–Trinajstić information content (AvgIpc) is 2.88. The highest BCUT2D eigenvalue weighted by molar-refractivity contribution is 6.30. The molecule has 0 radical (unpaired) electrons. The molecule has 0 bridgehead atoms. The summed E-state index contributed by atoms with van der Waals surface area (Å²) >= 11 is 12.7. The highest BCUT2D eigenvalue weighted by Crippen LogP contribution is 2.52. The Balaban J connectivity index is 1.82. The minimum Gasteiger partial charge on any atom is -0.490 e. The highest BCUT2D eigenvalue weighted by atomic mass is 35.5. The predicted octanol–water partition coefficient (Wildman–Crippen LogP) is 7.89. The monoisotopic (exact) mass is 522 g/mol. The third kappa shape index (κ3) is 5.61. The van der Waals surface area contributed by atoms with Gasteiger partial charge in [0.2, 0.25) is 5.91 Å². The maximum absolute atomic E-state index is 14.3. The van der Waals surface area contributed by atoms with E-state index in [2.05, 4.69) is 29.5 Å². The number of carbonyl (C=O) groups excluding carboxylic acids is 1. The third-order valence-corrected chi connectivity index (χ3v) is 7.61. The quantitative estimate of drug-likeness (QED) is 0.268. The lowest BCUT2D eigenvalue weighted by atomic mass is 9.67. The molecule has 3 unspecified atom stereocenters. The number of pyridine rings is 1. The van der Waals surface area contributed by atoms with Gasteiger partial charge in [-0.1, -0.05) is 67.4 Å². The molecule has 1 fully saturated rings. The Hall–Kier alpha value is -2.82. The number of rotatable bonds is 9. The second-order valence-corrected chi connectivity index (χ2v) is 10.6. The fourth-order valence-corrected chi connectivity index (χ4v) is 5.63. The van der Waals surface area contributed by atoms with E-state index in [1.54, 1.807) is 12.4 Å². The number of ether oxygens (including phenoxy) is 1. The molecular formula is C30H32Cl2N2O2. The summed E-state index contributed by atoms with van der Waals surface area (Å²) in [4.78, 5) is 20.5. The van der Waals surface area contributed by atoms with Gasteiger partial charge in [-0.2, -0.15) is 0 Å². The smallest absolute Gasteiger partial charge is 0.229 e. The fraction of sp³-hybridized carbons (Fsp3) is 0.333. The molecule has 0 spiro atoms. The van der Waals surface area contributed by atoms with Gasteiger partial charge in [0, 0.05) is 22.2 Å². The SMILES string of the molecule is C=CCC1(C)CC(c2cccc(Cl)c2)C(c2ccc(Cl)cc2)N([C@@H](CC)COc2cccnc2)C1=O. The molecule has 1 aliphatic heterocycles. The number of carbonyl (C=O) groups is 1. The van der Waals surface area contributed by atoms with Crippen LogP contribution in [0, 0.1) is 5.41 Å². The molecule has 4 atom stereocenters. The Morgan fingerprint density at radius 3 is 2.56 bits per heavy atom. The van der Waals surface area contributed by atoms with Crippen LogP contribution in [0.4, 0.5) is 0 Å². The van der Waals surface area contributed by atoms with E-state index in [1.807, 2.05) is 67.6 Å². The Bertz CT molecular complexity index is 1190. The zero-order valence-corrected chi connectivity index (χ0v) is 22.3. The number of benzene rings is 2. The molecule has 4 rings (SSSR count).